The molecule has 2 aliphatic rings. The molecular weight excluding hydrogens is 200 g/mol. The van der Waals surface area contributed by atoms with Crippen LogP contribution < -0.4 is 0 Å². The molecule has 1 aliphatic heterocycles. The maximum Gasteiger partial charge on any atom is 0.321 e. The summed E-state index contributed by atoms with van der Waals surface area (Å²) < 4.78 is 9.46. The monoisotopic (exact) mass is 210 g/mol. The van der Waals surface area contributed by atoms with E-state index in [1.165, 1.54) is 6.92 Å². The molecule has 1 saturated heterocycles. The van der Waals surface area contributed by atoms with Crippen LogP contribution in [-0.4, -0.2) is 24.0 Å². The van der Waals surface area contributed by atoms with Gasteiger partial charge in [0.25, 0.3) is 0 Å². The summed E-state index contributed by atoms with van der Waals surface area (Å²) in [5.41, 5.74) is 0. The van der Waals surface area contributed by atoms with E-state index in [4.69, 9.17) is 4.74 Å². The summed E-state index contributed by atoms with van der Waals surface area (Å²) in [6, 6.07) is 0. The number of cyclic esters (lactones) is 2. The van der Waals surface area contributed by atoms with Crippen LogP contribution in [0.5, 0.6) is 0 Å². The lowest BCUT2D eigenvalue weighted by molar-refractivity contribution is -0.155. The molecule has 0 aromatic carbocycles. The summed E-state index contributed by atoms with van der Waals surface area (Å²) in [6.45, 7) is 1.26. The van der Waals surface area contributed by atoms with Crippen LogP contribution in [0.15, 0.2) is 12.2 Å². The minimum Gasteiger partial charge on any atom is -0.457 e. The summed E-state index contributed by atoms with van der Waals surface area (Å²) in [7, 11) is 0. The minimum absolute atomic E-state index is 0.465. The lowest BCUT2D eigenvalue weighted by atomic mass is 9.83. The molecular formula is C10H10O5. The first kappa shape index (κ1) is 9.89. The van der Waals surface area contributed by atoms with Crippen LogP contribution >= 0.6 is 0 Å². The molecule has 2 rings (SSSR count). The van der Waals surface area contributed by atoms with E-state index in [0.717, 1.165) is 0 Å². The number of esters is 3. The molecule has 0 N–H and O–H groups in total. The van der Waals surface area contributed by atoms with Gasteiger partial charge >= 0.3 is 17.9 Å². The number of carbonyl (C=O) groups excluding carboxylic acids is 3. The normalized spacial score (nSPS) is 33.5. The molecule has 0 amide bonds. The van der Waals surface area contributed by atoms with Crippen LogP contribution in [0.4, 0.5) is 0 Å². The second kappa shape index (κ2) is 3.49. The Balaban J connectivity index is 2.22. The smallest absolute Gasteiger partial charge is 0.321 e. The standard InChI is InChI=1S/C10H10O5/c1-5(11)14-7-4-2-3-6-8(7)10(13)15-9(6)12/h2,4,6-8H,3H2,1H3/t6-,7-,8-/m0/s1. The van der Waals surface area contributed by atoms with Gasteiger partial charge in [-0.15, -0.1) is 0 Å². The molecule has 0 aromatic heterocycles. The van der Waals surface area contributed by atoms with E-state index in [1.54, 1.807) is 12.2 Å². The van der Waals surface area contributed by atoms with Crippen LogP contribution in [0, 0.1) is 11.8 Å². The van der Waals surface area contributed by atoms with Crippen molar-refractivity contribution >= 4 is 17.9 Å². The highest BCUT2D eigenvalue weighted by Crippen LogP contribution is 2.34. The molecule has 15 heavy (non-hydrogen) atoms. The highest BCUT2D eigenvalue weighted by molar-refractivity contribution is 5.97. The van der Waals surface area contributed by atoms with E-state index in [-0.39, 0.29) is 0 Å². The van der Waals surface area contributed by atoms with E-state index in [0.29, 0.717) is 6.42 Å². The van der Waals surface area contributed by atoms with Crippen LogP contribution in [0.25, 0.3) is 0 Å². The maximum atomic E-state index is 11.3. The molecule has 1 heterocycles. The first-order valence-corrected chi connectivity index (χ1v) is 4.69. The molecule has 0 radical (unpaired) electrons. The van der Waals surface area contributed by atoms with Crippen molar-refractivity contribution in [2.75, 3.05) is 0 Å². The fourth-order valence-corrected chi connectivity index (χ4v) is 1.94. The SMILES string of the molecule is CC(=O)O[C@H]1C=CC[C@@H]2C(=O)OC(=O)[C@H]12. The molecule has 1 fully saturated rings. The Morgan fingerprint density at radius 2 is 2.20 bits per heavy atom. The molecule has 5 nitrogen and oxygen atoms in total. The van der Waals surface area contributed by atoms with E-state index >= 15 is 0 Å². The first-order chi connectivity index (χ1) is 7.09. The number of hydrogen-bond donors (Lipinski definition) is 0. The Hall–Kier alpha value is -1.65. The second-order valence-electron chi connectivity index (χ2n) is 3.61. The van der Waals surface area contributed by atoms with Crippen molar-refractivity contribution in [1.29, 1.82) is 0 Å². The summed E-state index contributed by atoms with van der Waals surface area (Å²) in [5, 5.41) is 0. The molecule has 1 aliphatic carbocycles. The Labute approximate surface area is 86.0 Å². The molecule has 5 heteroatoms. The van der Waals surface area contributed by atoms with Gasteiger partial charge in [-0.05, 0) is 12.5 Å². The van der Waals surface area contributed by atoms with Gasteiger partial charge in [0.1, 0.15) is 12.0 Å². The third-order valence-electron chi connectivity index (χ3n) is 2.58. The predicted octanol–water partition coefficient (Wildman–Crippen LogP) is 0.194. The number of rotatable bonds is 1. The van der Waals surface area contributed by atoms with Gasteiger partial charge in [0.2, 0.25) is 0 Å². The van der Waals surface area contributed by atoms with Gasteiger partial charge in [-0.1, -0.05) is 6.08 Å². The van der Waals surface area contributed by atoms with Crippen molar-refractivity contribution in [1.82, 2.24) is 0 Å². The van der Waals surface area contributed by atoms with Crippen molar-refractivity contribution in [3.63, 3.8) is 0 Å². The lowest BCUT2D eigenvalue weighted by Crippen LogP contribution is -2.34. The first-order valence-electron chi connectivity index (χ1n) is 4.69. The average Bonchev–Trinajstić information content (AvgIpc) is 2.43. The summed E-state index contributed by atoms with van der Waals surface area (Å²) >= 11 is 0. The van der Waals surface area contributed by atoms with E-state index in [2.05, 4.69) is 4.74 Å². The third-order valence-corrected chi connectivity index (χ3v) is 2.58. The summed E-state index contributed by atoms with van der Waals surface area (Å²) in [4.78, 5) is 33.4. The Morgan fingerprint density at radius 1 is 1.47 bits per heavy atom. The van der Waals surface area contributed by atoms with Crippen molar-refractivity contribution < 1.29 is 23.9 Å². The van der Waals surface area contributed by atoms with Crippen molar-refractivity contribution in [3.8, 4) is 0 Å². The zero-order valence-corrected chi connectivity index (χ0v) is 8.14. The van der Waals surface area contributed by atoms with E-state index in [1.807, 2.05) is 0 Å². The van der Waals surface area contributed by atoms with Crippen LogP contribution in [0.3, 0.4) is 0 Å². The highest BCUT2D eigenvalue weighted by Gasteiger charge is 2.50. The number of fused-ring (bicyclic) bond motifs is 1. The van der Waals surface area contributed by atoms with E-state index in [9.17, 15) is 14.4 Å². The van der Waals surface area contributed by atoms with Gasteiger partial charge < -0.3 is 9.47 Å². The molecule has 0 unspecified atom stereocenters. The highest BCUT2D eigenvalue weighted by atomic mass is 16.6. The molecule has 0 bridgehead atoms. The topological polar surface area (TPSA) is 69.7 Å². The fraction of sp³-hybridized carbons (Fsp3) is 0.500. The third kappa shape index (κ3) is 1.65. The van der Waals surface area contributed by atoms with Gasteiger partial charge in [0, 0.05) is 6.92 Å². The van der Waals surface area contributed by atoms with E-state index < -0.39 is 35.8 Å². The predicted molar refractivity (Wildman–Crippen MR) is 47.4 cm³/mol. The van der Waals surface area contributed by atoms with Gasteiger partial charge in [-0.3, -0.25) is 14.4 Å². The van der Waals surface area contributed by atoms with Crippen molar-refractivity contribution in [3.05, 3.63) is 12.2 Å². The van der Waals surface area contributed by atoms with Gasteiger partial charge in [-0.2, -0.15) is 0 Å². The largest absolute Gasteiger partial charge is 0.457 e. The van der Waals surface area contributed by atoms with Crippen molar-refractivity contribution in [2.45, 2.75) is 19.4 Å². The molecule has 0 saturated carbocycles. The molecule has 80 valence electrons. The Bertz CT molecular complexity index is 357. The minimum atomic E-state index is -0.666. The van der Waals surface area contributed by atoms with Crippen LogP contribution in [0.1, 0.15) is 13.3 Å². The quantitative estimate of drug-likeness (QED) is 0.351. The van der Waals surface area contributed by atoms with Gasteiger partial charge in [0.05, 0.1) is 5.92 Å². The zero-order valence-electron chi connectivity index (χ0n) is 8.14. The summed E-state index contributed by atoms with van der Waals surface area (Å²) in [6.07, 6.45) is 3.16. The second-order valence-corrected chi connectivity index (χ2v) is 3.61. The molecule has 0 spiro atoms. The fourth-order valence-electron chi connectivity index (χ4n) is 1.94. The van der Waals surface area contributed by atoms with Gasteiger partial charge in [-0.25, -0.2) is 0 Å². The maximum absolute atomic E-state index is 11.3. The van der Waals surface area contributed by atoms with Crippen LogP contribution in [-0.2, 0) is 23.9 Å². The number of carbonyl (C=O) groups is 3. The Kier molecular flexibility index (Phi) is 2.30. The number of allylic oxidation sites excluding steroid dienone is 1. The molecule has 0 aromatic rings. The Morgan fingerprint density at radius 3 is 2.87 bits per heavy atom. The van der Waals surface area contributed by atoms with Crippen molar-refractivity contribution in [2.24, 2.45) is 11.8 Å². The average molecular weight is 210 g/mol. The lowest BCUT2D eigenvalue weighted by Gasteiger charge is -2.23. The van der Waals surface area contributed by atoms with Crippen LogP contribution in [0.2, 0.25) is 0 Å². The van der Waals surface area contributed by atoms with Gasteiger partial charge in [0.15, 0.2) is 0 Å². The summed E-state index contributed by atoms with van der Waals surface area (Å²) in [5.74, 6) is -2.75. The number of hydrogen-bond acceptors (Lipinski definition) is 5. The number of ether oxygens (including phenoxy) is 2. The molecule has 3 atom stereocenters. The zero-order chi connectivity index (χ0) is 11.0.